The molecule has 2 amide bonds. The van der Waals surface area contributed by atoms with Gasteiger partial charge in [-0.15, -0.1) is 0 Å². The van der Waals surface area contributed by atoms with Crippen LogP contribution in [0.25, 0.3) is 0 Å². The third kappa shape index (κ3) is 6.31. The SMILES string of the molecule is O=C(COc1ccc(C2CCCCC2)cc1)Nc1ccccc1N1CCN(C(=O)c2ccccc2)CC1. The summed E-state index contributed by atoms with van der Waals surface area (Å²) in [5, 5.41) is 3.01. The number of anilines is 2. The van der Waals surface area contributed by atoms with Crippen LogP contribution in [0.1, 0.15) is 53.9 Å². The molecule has 5 rings (SSSR count). The number of piperazine rings is 1. The Balaban J connectivity index is 1.13. The molecular weight excluding hydrogens is 462 g/mol. The van der Waals surface area contributed by atoms with Gasteiger partial charge in [-0.1, -0.05) is 61.7 Å². The van der Waals surface area contributed by atoms with Crippen LogP contribution in [0.15, 0.2) is 78.9 Å². The number of nitrogens with zero attached hydrogens (tertiary/aromatic N) is 2. The highest BCUT2D eigenvalue weighted by Crippen LogP contribution is 2.33. The summed E-state index contributed by atoms with van der Waals surface area (Å²) in [5.74, 6) is 1.23. The van der Waals surface area contributed by atoms with E-state index in [2.05, 4.69) is 22.3 Å². The number of benzene rings is 3. The normalized spacial score (nSPS) is 16.3. The van der Waals surface area contributed by atoms with Gasteiger partial charge in [0.15, 0.2) is 6.61 Å². The highest BCUT2D eigenvalue weighted by molar-refractivity contribution is 5.96. The molecule has 1 aliphatic carbocycles. The summed E-state index contributed by atoms with van der Waals surface area (Å²) in [6.07, 6.45) is 6.50. The quantitative estimate of drug-likeness (QED) is 0.454. The summed E-state index contributed by atoms with van der Waals surface area (Å²) in [7, 11) is 0. The van der Waals surface area contributed by atoms with Crippen molar-refractivity contribution in [3.05, 3.63) is 90.0 Å². The Bertz CT molecular complexity index is 1180. The minimum Gasteiger partial charge on any atom is -0.484 e. The molecule has 1 heterocycles. The second-order valence-electron chi connectivity index (χ2n) is 9.90. The molecule has 0 bridgehead atoms. The standard InChI is InChI=1S/C31H35N3O3/c35-30(23-37-27-17-15-25(16-18-27)24-9-3-1-4-10-24)32-28-13-7-8-14-29(28)33-19-21-34(22-20-33)31(36)26-11-5-2-6-12-26/h2,5-8,11-18,24H,1,3-4,9-10,19-23H2,(H,32,35). The number of carbonyl (C=O) groups excluding carboxylic acids is 2. The van der Waals surface area contributed by atoms with Crippen LogP contribution in [0.3, 0.4) is 0 Å². The molecule has 0 spiro atoms. The first-order valence-electron chi connectivity index (χ1n) is 13.4. The van der Waals surface area contributed by atoms with Crippen molar-refractivity contribution in [3.8, 4) is 5.75 Å². The maximum atomic E-state index is 12.8. The molecule has 37 heavy (non-hydrogen) atoms. The molecule has 3 aromatic rings. The molecule has 2 fully saturated rings. The Hall–Kier alpha value is -3.80. The molecule has 192 valence electrons. The van der Waals surface area contributed by atoms with Crippen molar-refractivity contribution >= 4 is 23.2 Å². The molecule has 6 nitrogen and oxygen atoms in total. The topological polar surface area (TPSA) is 61.9 Å². The van der Waals surface area contributed by atoms with Crippen LogP contribution in [0, 0.1) is 0 Å². The van der Waals surface area contributed by atoms with E-state index in [1.807, 2.05) is 71.6 Å². The van der Waals surface area contributed by atoms with E-state index in [1.165, 1.54) is 37.7 Å². The predicted molar refractivity (Wildman–Crippen MR) is 147 cm³/mol. The number of carbonyl (C=O) groups is 2. The first-order chi connectivity index (χ1) is 18.2. The van der Waals surface area contributed by atoms with E-state index in [0.717, 1.165) is 11.4 Å². The molecule has 1 aliphatic heterocycles. The Labute approximate surface area is 219 Å². The van der Waals surface area contributed by atoms with Gasteiger partial charge in [0.2, 0.25) is 0 Å². The van der Waals surface area contributed by atoms with Gasteiger partial charge in [0.05, 0.1) is 11.4 Å². The second kappa shape index (κ2) is 12.0. The van der Waals surface area contributed by atoms with Crippen molar-refractivity contribution in [1.29, 1.82) is 0 Å². The van der Waals surface area contributed by atoms with Crippen molar-refractivity contribution in [3.63, 3.8) is 0 Å². The van der Waals surface area contributed by atoms with Crippen molar-refractivity contribution < 1.29 is 14.3 Å². The highest BCUT2D eigenvalue weighted by Gasteiger charge is 2.24. The van der Waals surface area contributed by atoms with E-state index in [-0.39, 0.29) is 18.4 Å². The number of rotatable bonds is 7. The van der Waals surface area contributed by atoms with E-state index in [1.54, 1.807) is 0 Å². The van der Waals surface area contributed by atoms with E-state index in [4.69, 9.17) is 4.74 Å². The van der Waals surface area contributed by atoms with Crippen LogP contribution in [0.5, 0.6) is 5.75 Å². The number of amides is 2. The van der Waals surface area contributed by atoms with E-state index < -0.39 is 0 Å². The van der Waals surface area contributed by atoms with E-state index >= 15 is 0 Å². The summed E-state index contributed by atoms with van der Waals surface area (Å²) in [4.78, 5) is 29.6. The maximum Gasteiger partial charge on any atom is 0.262 e. The zero-order valence-corrected chi connectivity index (χ0v) is 21.3. The van der Waals surface area contributed by atoms with Crippen LogP contribution in [0.2, 0.25) is 0 Å². The average molecular weight is 498 g/mol. The predicted octanol–water partition coefficient (Wildman–Crippen LogP) is 5.71. The fourth-order valence-corrected chi connectivity index (χ4v) is 5.38. The third-order valence-corrected chi connectivity index (χ3v) is 7.43. The second-order valence-corrected chi connectivity index (χ2v) is 9.90. The molecule has 0 radical (unpaired) electrons. The smallest absolute Gasteiger partial charge is 0.262 e. The van der Waals surface area contributed by atoms with Crippen molar-refractivity contribution in [2.45, 2.75) is 38.0 Å². The summed E-state index contributed by atoms with van der Waals surface area (Å²) >= 11 is 0. The Morgan fingerprint density at radius 1 is 0.784 bits per heavy atom. The monoisotopic (exact) mass is 497 g/mol. The van der Waals surface area contributed by atoms with E-state index in [0.29, 0.717) is 43.4 Å². The van der Waals surface area contributed by atoms with Gasteiger partial charge < -0.3 is 19.9 Å². The first kappa shape index (κ1) is 24.9. The van der Waals surface area contributed by atoms with Crippen LogP contribution in [0.4, 0.5) is 11.4 Å². The molecule has 1 N–H and O–H groups in total. The van der Waals surface area contributed by atoms with Gasteiger partial charge in [0.25, 0.3) is 11.8 Å². The number of nitrogens with one attached hydrogen (secondary N) is 1. The minimum atomic E-state index is -0.193. The number of para-hydroxylation sites is 2. The molecule has 0 atom stereocenters. The zero-order valence-electron chi connectivity index (χ0n) is 21.3. The van der Waals surface area contributed by atoms with Crippen LogP contribution < -0.4 is 15.0 Å². The van der Waals surface area contributed by atoms with Gasteiger partial charge in [-0.25, -0.2) is 0 Å². The van der Waals surface area contributed by atoms with Gasteiger partial charge in [-0.2, -0.15) is 0 Å². The maximum absolute atomic E-state index is 12.8. The van der Waals surface area contributed by atoms with Gasteiger partial charge in [0, 0.05) is 31.7 Å². The van der Waals surface area contributed by atoms with Gasteiger partial charge >= 0.3 is 0 Å². The Morgan fingerprint density at radius 2 is 1.46 bits per heavy atom. The molecule has 6 heteroatoms. The van der Waals surface area contributed by atoms with E-state index in [9.17, 15) is 9.59 Å². The number of ether oxygens (including phenoxy) is 1. The number of hydrogen-bond donors (Lipinski definition) is 1. The zero-order chi connectivity index (χ0) is 25.5. The minimum absolute atomic E-state index is 0.0452. The van der Waals surface area contributed by atoms with Crippen molar-refractivity contribution in [2.24, 2.45) is 0 Å². The summed E-state index contributed by atoms with van der Waals surface area (Å²) in [6, 6.07) is 25.4. The lowest BCUT2D eigenvalue weighted by atomic mass is 9.84. The van der Waals surface area contributed by atoms with Crippen LogP contribution in [-0.4, -0.2) is 49.5 Å². The lowest BCUT2D eigenvalue weighted by Gasteiger charge is -2.37. The average Bonchev–Trinajstić information content (AvgIpc) is 2.97. The summed E-state index contributed by atoms with van der Waals surface area (Å²) in [5.41, 5.74) is 3.80. The van der Waals surface area contributed by atoms with Gasteiger partial charge in [-0.3, -0.25) is 9.59 Å². The van der Waals surface area contributed by atoms with Crippen LogP contribution >= 0.6 is 0 Å². The Kier molecular flexibility index (Phi) is 8.04. The van der Waals surface area contributed by atoms with Crippen molar-refractivity contribution in [2.75, 3.05) is 43.0 Å². The molecule has 1 saturated carbocycles. The molecule has 0 unspecified atom stereocenters. The first-order valence-corrected chi connectivity index (χ1v) is 13.4. The van der Waals surface area contributed by atoms with Crippen LogP contribution in [-0.2, 0) is 4.79 Å². The van der Waals surface area contributed by atoms with Gasteiger partial charge in [0.1, 0.15) is 5.75 Å². The van der Waals surface area contributed by atoms with Crippen molar-refractivity contribution in [1.82, 2.24) is 4.90 Å². The Morgan fingerprint density at radius 3 is 2.19 bits per heavy atom. The summed E-state index contributed by atoms with van der Waals surface area (Å²) < 4.78 is 5.78. The molecular formula is C31H35N3O3. The highest BCUT2D eigenvalue weighted by atomic mass is 16.5. The molecule has 2 aliphatic rings. The molecule has 1 saturated heterocycles. The largest absolute Gasteiger partial charge is 0.484 e. The lowest BCUT2D eigenvalue weighted by molar-refractivity contribution is -0.118. The van der Waals surface area contributed by atoms with Gasteiger partial charge in [-0.05, 0) is 60.7 Å². The number of hydrogen-bond acceptors (Lipinski definition) is 4. The lowest BCUT2D eigenvalue weighted by Crippen LogP contribution is -2.49. The molecule has 0 aromatic heterocycles. The molecule has 3 aromatic carbocycles. The summed E-state index contributed by atoms with van der Waals surface area (Å²) in [6.45, 7) is 2.63. The fourth-order valence-electron chi connectivity index (χ4n) is 5.38. The fraction of sp³-hybridized carbons (Fsp3) is 0.355. The third-order valence-electron chi connectivity index (χ3n) is 7.43.